The average molecular weight is 281 g/mol. The maximum Gasteiger partial charge on any atom is 0.305 e. The number of hydrogen-bond acceptors (Lipinski definition) is 3. The van der Waals surface area contributed by atoms with Crippen LogP contribution in [0, 0.1) is 12.7 Å². The molecule has 0 aliphatic carbocycles. The number of carboxylic acids is 1. The van der Waals surface area contributed by atoms with E-state index in [0.29, 0.717) is 18.6 Å². The molecule has 1 aliphatic heterocycles. The van der Waals surface area contributed by atoms with Crippen LogP contribution in [0.4, 0.5) is 4.39 Å². The van der Waals surface area contributed by atoms with Crippen LogP contribution in [-0.2, 0) is 9.53 Å². The third kappa shape index (κ3) is 3.14. The van der Waals surface area contributed by atoms with Gasteiger partial charge in [0.1, 0.15) is 5.82 Å². The van der Waals surface area contributed by atoms with Gasteiger partial charge >= 0.3 is 5.97 Å². The lowest BCUT2D eigenvalue weighted by atomic mass is 9.93. The summed E-state index contributed by atoms with van der Waals surface area (Å²) in [6.07, 6.45) is 0.215. The quantitative estimate of drug-likeness (QED) is 0.877. The number of hydrogen-bond donors (Lipinski definition) is 2. The van der Waals surface area contributed by atoms with Gasteiger partial charge in [-0.15, -0.1) is 0 Å². The summed E-state index contributed by atoms with van der Waals surface area (Å²) in [5.41, 5.74) is -0.291. The van der Waals surface area contributed by atoms with Gasteiger partial charge < -0.3 is 15.2 Å². The zero-order valence-corrected chi connectivity index (χ0v) is 11.1. The molecule has 0 saturated carbocycles. The molecule has 108 valence electrons. The second kappa shape index (κ2) is 5.58. The van der Waals surface area contributed by atoms with Crippen molar-refractivity contribution in [3.05, 3.63) is 35.1 Å². The maximum absolute atomic E-state index is 13.5. The van der Waals surface area contributed by atoms with Gasteiger partial charge in [0, 0.05) is 12.2 Å². The van der Waals surface area contributed by atoms with E-state index in [1.165, 1.54) is 12.1 Å². The first kappa shape index (κ1) is 14.5. The Labute approximate surface area is 115 Å². The largest absolute Gasteiger partial charge is 0.481 e. The third-order valence-electron chi connectivity index (χ3n) is 3.41. The lowest BCUT2D eigenvalue weighted by Crippen LogP contribution is -2.50. The molecule has 1 aromatic carbocycles. The van der Waals surface area contributed by atoms with Crippen molar-refractivity contribution in [1.29, 1.82) is 0 Å². The zero-order chi connectivity index (χ0) is 14.8. The molecule has 2 rings (SSSR count). The van der Waals surface area contributed by atoms with E-state index in [9.17, 15) is 14.0 Å². The van der Waals surface area contributed by atoms with E-state index in [4.69, 9.17) is 9.84 Å². The van der Waals surface area contributed by atoms with Crippen LogP contribution >= 0.6 is 0 Å². The molecule has 1 heterocycles. The van der Waals surface area contributed by atoms with Crippen molar-refractivity contribution in [1.82, 2.24) is 5.32 Å². The van der Waals surface area contributed by atoms with Crippen molar-refractivity contribution in [3.63, 3.8) is 0 Å². The Hall–Kier alpha value is -1.95. The summed E-state index contributed by atoms with van der Waals surface area (Å²) in [7, 11) is 0. The number of halogens is 1. The molecule has 0 radical (unpaired) electrons. The summed E-state index contributed by atoms with van der Waals surface area (Å²) in [6, 6.07) is 4.17. The first-order chi connectivity index (χ1) is 9.42. The topological polar surface area (TPSA) is 75.6 Å². The Morgan fingerprint density at radius 3 is 2.80 bits per heavy atom. The van der Waals surface area contributed by atoms with E-state index in [0.717, 1.165) is 6.07 Å². The molecule has 1 atom stereocenters. The number of carboxylic acid groups (broad SMARTS) is 1. The van der Waals surface area contributed by atoms with E-state index in [2.05, 4.69) is 5.32 Å². The van der Waals surface area contributed by atoms with Crippen molar-refractivity contribution in [3.8, 4) is 0 Å². The van der Waals surface area contributed by atoms with E-state index in [-0.39, 0.29) is 18.6 Å². The lowest BCUT2D eigenvalue weighted by Gasteiger charge is -2.27. The second-order valence-corrected chi connectivity index (χ2v) is 5.07. The predicted molar refractivity (Wildman–Crippen MR) is 69.0 cm³/mol. The Morgan fingerprint density at radius 2 is 2.25 bits per heavy atom. The summed E-state index contributed by atoms with van der Waals surface area (Å²) in [5, 5.41) is 11.6. The van der Waals surface area contributed by atoms with E-state index < -0.39 is 23.2 Å². The predicted octanol–water partition coefficient (Wildman–Crippen LogP) is 1.50. The highest BCUT2D eigenvalue weighted by molar-refractivity contribution is 5.95. The van der Waals surface area contributed by atoms with Crippen LogP contribution < -0.4 is 5.32 Å². The SMILES string of the molecule is Cc1ccc(C(=O)NC2(CC(=O)O)CCOC2)cc1F. The fraction of sp³-hybridized carbons (Fsp3) is 0.429. The molecular weight excluding hydrogens is 265 g/mol. The summed E-state index contributed by atoms with van der Waals surface area (Å²) in [6.45, 7) is 2.16. The Kier molecular flexibility index (Phi) is 4.04. The van der Waals surface area contributed by atoms with E-state index >= 15 is 0 Å². The minimum Gasteiger partial charge on any atom is -0.481 e. The van der Waals surface area contributed by atoms with Gasteiger partial charge in [-0.2, -0.15) is 0 Å². The lowest BCUT2D eigenvalue weighted by molar-refractivity contribution is -0.138. The van der Waals surface area contributed by atoms with Crippen LogP contribution in [0.25, 0.3) is 0 Å². The molecule has 1 amide bonds. The number of ether oxygens (including phenoxy) is 1. The number of carbonyl (C=O) groups is 2. The van der Waals surface area contributed by atoms with Gasteiger partial charge in [-0.05, 0) is 31.0 Å². The van der Waals surface area contributed by atoms with Crippen LogP contribution in [-0.4, -0.2) is 35.7 Å². The molecule has 6 heteroatoms. The fourth-order valence-electron chi connectivity index (χ4n) is 2.23. The number of benzene rings is 1. The van der Waals surface area contributed by atoms with Gasteiger partial charge in [0.2, 0.25) is 0 Å². The molecule has 1 saturated heterocycles. The molecule has 20 heavy (non-hydrogen) atoms. The van der Waals surface area contributed by atoms with Gasteiger partial charge in [-0.1, -0.05) is 6.07 Å². The maximum atomic E-state index is 13.5. The normalized spacial score (nSPS) is 21.7. The molecule has 2 N–H and O–H groups in total. The molecule has 0 aromatic heterocycles. The second-order valence-electron chi connectivity index (χ2n) is 5.07. The number of aliphatic carboxylic acids is 1. The van der Waals surface area contributed by atoms with Crippen LogP contribution in [0.2, 0.25) is 0 Å². The van der Waals surface area contributed by atoms with E-state index in [1.807, 2.05) is 0 Å². The highest BCUT2D eigenvalue weighted by atomic mass is 19.1. The van der Waals surface area contributed by atoms with Crippen molar-refractivity contribution in [2.45, 2.75) is 25.3 Å². The van der Waals surface area contributed by atoms with Crippen LogP contribution in [0.3, 0.4) is 0 Å². The molecule has 5 nitrogen and oxygen atoms in total. The number of carbonyl (C=O) groups excluding carboxylic acids is 1. The van der Waals surface area contributed by atoms with Crippen LogP contribution in [0.1, 0.15) is 28.8 Å². The Morgan fingerprint density at radius 1 is 1.50 bits per heavy atom. The Balaban J connectivity index is 2.16. The molecule has 1 unspecified atom stereocenters. The molecule has 0 bridgehead atoms. The van der Waals surface area contributed by atoms with E-state index in [1.54, 1.807) is 6.92 Å². The smallest absolute Gasteiger partial charge is 0.305 e. The Bertz CT molecular complexity index is 538. The molecular formula is C14H16FNO4. The molecule has 0 spiro atoms. The monoisotopic (exact) mass is 281 g/mol. The zero-order valence-electron chi connectivity index (χ0n) is 11.1. The van der Waals surface area contributed by atoms with Gasteiger partial charge in [0.05, 0.1) is 18.6 Å². The summed E-state index contributed by atoms with van der Waals surface area (Å²) in [5.74, 6) is -1.96. The van der Waals surface area contributed by atoms with Gasteiger partial charge in [-0.25, -0.2) is 4.39 Å². The summed E-state index contributed by atoms with van der Waals surface area (Å²) >= 11 is 0. The minimum atomic E-state index is -1.01. The van der Waals surface area contributed by atoms with Crippen LogP contribution in [0.15, 0.2) is 18.2 Å². The first-order valence-corrected chi connectivity index (χ1v) is 6.30. The fourth-order valence-corrected chi connectivity index (χ4v) is 2.23. The first-order valence-electron chi connectivity index (χ1n) is 6.30. The highest BCUT2D eigenvalue weighted by Crippen LogP contribution is 2.23. The average Bonchev–Trinajstić information content (AvgIpc) is 2.79. The number of nitrogens with one attached hydrogen (secondary N) is 1. The number of aryl methyl sites for hydroxylation is 1. The summed E-state index contributed by atoms with van der Waals surface area (Å²) in [4.78, 5) is 23.0. The van der Waals surface area contributed by atoms with Crippen molar-refractivity contribution in [2.75, 3.05) is 13.2 Å². The van der Waals surface area contributed by atoms with Gasteiger partial charge in [-0.3, -0.25) is 9.59 Å². The molecule has 1 fully saturated rings. The van der Waals surface area contributed by atoms with Crippen molar-refractivity contribution in [2.24, 2.45) is 0 Å². The minimum absolute atomic E-state index is 0.152. The molecule has 1 aliphatic rings. The van der Waals surface area contributed by atoms with Gasteiger partial charge in [0.25, 0.3) is 5.91 Å². The standard InChI is InChI=1S/C14H16FNO4/c1-9-2-3-10(6-11(9)15)13(19)16-14(7-12(17)18)4-5-20-8-14/h2-3,6H,4-5,7-8H2,1H3,(H,16,19)(H,17,18). The highest BCUT2D eigenvalue weighted by Gasteiger charge is 2.38. The van der Waals surface area contributed by atoms with Crippen molar-refractivity contribution >= 4 is 11.9 Å². The molecule has 1 aromatic rings. The third-order valence-corrected chi connectivity index (χ3v) is 3.41. The summed E-state index contributed by atoms with van der Waals surface area (Å²) < 4.78 is 18.6. The number of amides is 1. The van der Waals surface area contributed by atoms with Crippen molar-refractivity contribution < 1.29 is 23.8 Å². The van der Waals surface area contributed by atoms with Crippen LogP contribution in [0.5, 0.6) is 0 Å². The van der Waals surface area contributed by atoms with Gasteiger partial charge in [0.15, 0.2) is 0 Å². The number of rotatable bonds is 4.